The van der Waals surface area contributed by atoms with Crippen molar-refractivity contribution in [2.45, 2.75) is 27.7 Å². The minimum absolute atomic E-state index is 0.00227. The van der Waals surface area contributed by atoms with Crippen molar-refractivity contribution in [1.82, 2.24) is 4.98 Å². The second kappa shape index (κ2) is 3.95. The van der Waals surface area contributed by atoms with Crippen LogP contribution in [0.15, 0.2) is 29.1 Å². The van der Waals surface area contributed by atoms with Crippen molar-refractivity contribution in [3.63, 3.8) is 0 Å². The van der Waals surface area contributed by atoms with Crippen LogP contribution in [0.2, 0.25) is 0 Å². The Morgan fingerprint density at radius 1 is 0.789 bits per heavy atom. The maximum absolute atomic E-state index is 12.2. The molecule has 0 amide bonds. The van der Waals surface area contributed by atoms with E-state index in [2.05, 4.69) is 44.0 Å². The summed E-state index contributed by atoms with van der Waals surface area (Å²) in [6.07, 6.45) is 0. The predicted octanol–water partition coefficient (Wildman–Crippen LogP) is 3.91. The van der Waals surface area contributed by atoms with Gasteiger partial charge in [0, 0.05) is 16.3 Å². The van der Waals surface area contributed by atoms with Crippen molar-refractivity contribution in [3.05, 3.63) is 56.9 Å². The Bertz CT molecular complexity index is 872. The van der Waals surface area contributed by atoms with Crippen molar-refractivity contribution in [1.29, 1.82) is 0 Å². The fourth-order valence-electron chi connectivity index (χ4n) is 2.82. The molecule has 0 atom stereocenters. The molecule has 0 fully saturated rings. The van der Waals surface area contributed by atoms with Gasteiger partial charge in [0.25, 0.3) is 5.56 Å². The highest BCUT2D eigenvalue weighted by Gasteiger charge is 2.09. The van der Waals surface area contributed by atoms with E-state index in [1.54, 1.807) is 0 Å². The molecule has 2 nitrogen and oxygen atoms in total. The summed E-state index contributed by atoms with van der Waals surface area (Å²) in [4.78, 5) is 15.2. The summed E-state index contributed by atoms with van der Waals surface area (Å²) in [6.45, 7) is 8.27. The van der Waals surface area contributed by atoms with Crippen LogP contribution < -0.4 is 5.56 Å². The van der Waals surface area contributed by atoms with Crippen molar-refractivity contribution < 1.29 is 0 Å². The normalized spacial score (nSPS) is 11.4. The van der Waals surface area contributed by atoms with E-state index in [1.807, 2.05) is 13.0 Å². The molecule has 1 N–H and O–H groups in total. The van der Waals surface area contributed by atoms with Crippen LogP contribution >= 0.6 is 0 Å². The van der Waals surface area contributed by atoms with E-state index in [0.29, 0.717) is 0 Å². The second-order valence-corrected chi connectivity index (χ2v) is 5.44. The molecule has 2 heteroatoms. The molecule has 0 unspecified atom stereocenters. The lowest BCUT2D eigenvalue weighted by Crippen LogP contribution is -2.07. The molecule has 0 bridgehead atoms. The van der Waals surface area contributed by atoms with Gasteiger partial charge in [-0.2, -0.15) is 0 Å². The van der Waals surface area contributed by atoms with Gasteiger partial charge >= 0.3 is 0 Å². The van der Waals surface area contributed by atoms with Crippen molar-refractivity contribution in [3.8, 4) is 0 Å². The Morgan fingerprint density at radius 3 is 2.21 bits per heavy atom. The van der Waals surface area contributed by atoms with E-state index < -0.39 is 0 Å². The Labute approximate surface area is 112 Å². The third-order valence-electron chi connectivity index (χ3n) is 3.88. The number of aromatic nitrogens is 1. The number of aromatic amines is 1. The zero-order chi connectivity index (χ0) is 13.7. The van der Waals surface area contributed by atoms with Gasteiger partial charge in [-0.05, 0) is 68.0 Å². The zero-order valence-electron chi connectivity index (χ0n) is 11.7. The fraction of sp³-hybridized carbons (Fsp3) is 0.235. The highest BCUT2D eigenvalue weighted by atomic mass is 16.1. The van der Waals surface area contributed by atoms with E-state index in [9.17, 15) is 4.79 Å². The maximum Gasteiger partial charge on any atom is 0.256 e. The van der Waals surface area contributed by atoms with Crippen LogP contribution in [-0.2, 0) is 0 Å². The zero-order valence-corrected chi connectivity index (χ0v) is 11.7. The highest BCUT2D eigenvalue weighted by Crippen LogP contribution is 2.27. The smallest absolute Gasteiger partial charge is 0.256 e. The minimum atomic E-state index is -0.00227. The van der Waals surface area contributed by atoms with Crippen LogP contribution in [0.1, 0.15) is 22.3 Å². The molecule has 0 aliphatic rings. The van der Waals surface area contributed by atoms with Crippen molar-refractivity contribution >= 4 is 21.7 Å². The van der Waals surface area contributed by atoms with E-state index in [0.717, 1.165) is 32.8 Å². The average Bonchev–Trinajstić information content (AvgIpc) is 2.32. The van der Waals surface area contributed by atoms with Crippen LogP contribution in [0.4, 0.5) is 0 Å². The van der Waals surface area contributed by atoms with Crippen LogP contribution in [0.25, 0.3) is 21.7 Å². The van der Waals surface area contributed by atoms with Gasteiger partial charge in [-0.15, -0.1) is 0 Å². The first-order valence-electron chi connectivity index (χ1n) is 6.51. The number of aryl methyl sites for hydroxylation is 4. The maximum atomic E-state index is 12.2. The molecular weight excluding hydrogens is 234 g/mol. The van der Waals surface area contributed by atoms with Gasteiger partial charge in [0.05, 0.1) is 0 Å². The fourth-order valence-corrected chi connectivity index (χ4v) is 2.82. The van der Waals surface area contributed by atoms with E-state index in [4.69, 9.17) is 0 Å². The van der Waals surface area contributed by atoms with Crippen LogP contribution in [0.5, 0.6) is 0 Å². The van der Waals surface area contributed by atoms with Gasteiger partial charge in [-0.25, -0.2) is 0 Å². The van der Waals surface area contributed by atoms with Crippen LogP contribution in [0.3, 0.4) is 0 Å². The second-order valence-electron chi connectivity index (χ2n) is 5.44. The standard InChI is InChI=1S/C17H17NO/c1-9-5-12(4)16-13-7-10(2)11(3)8-15(13)18-17(19)14(16)6-9/h5-8H,1-4H3,(H,18,19). The van der Waals surface area contributed by atoms with E-state index >= 15 is 0 Å². The van der Waals surface area contributed by atoms with Gasteiger partial charge in [0.1, 0.15) is 0 Å². The quantitative estimate of drug-likeness (QED) is 0.604. The number of pyridine rings is 1. The first-order valence-corrected chi connectivity index (χ1v) is 6.51. The molecule has 0 radical (unpaired) electrons. The van der Waals surface area contributed by atoms with Gasteiger partial charge in [-0.3, -0.25) is 4.79 Å². The summed E-state index contributed by atoms with van der Waals surface area (Å²) in [5, 5.41) is 3.00. The molecule has 3 rings (SSSR count). The molecule has 0 saturated carbocycles. The van der Waals surface area contributed by atoms with Gasteiger partial charge in [0.2, 0.25) is 0 Å². The summed E-state index contributed by atoms with van der Waals surface area (Å²) < 4.78 is 0. The number of rotatable bonds is 0. The number of fused-ring (bicyclic) bond motifs is 3. The molecular formula is C17H17NO. The van der Waals surface area contributed by atoms with Gasteiger partial charge in [-0.1, -0.05) is 11.6 Å². The Kier molecular flexibility index (Phi) is 2.49. The number of benzene rings is 2. The highest BCUT2D eigenvalue weighted by molar-refractivity contribution is 6.07. The van der Waals surface area contributed by atoms with Crippen molar-refractivity contribution in [2.24, 2.45) is 0 Å². The Balaban J connectivity index is 2.66. The summed E-state index contributed by atoms with van der Waals surface area (Å²) >= 11 is 0. The first kappa shape index (κ1) is 12.0. The Morgan fingerprint density at radius 2 is 1.47 bits per heavy atom. The average molecular weight is 251 g/mol. The lowest BCUT2D eigenvalue weighted by Gasteiger charge is -2.10. The van der Waals surface area contributed by atoms with Gasteiger partial charge in [0.15, 0.2) is 0 Å². The SMILES string of the molecule is Cc1cc(C)c2c(c1)c(=O)[nH]c1cc(C)c(C)cc12. The Hall–Kier alpha value is -2.09. The van der Waals surface area contributed by atoms with Crippen LogP contribution in [-0.4, -0.2) is 4.98 Å². The molecule has 0 spiro atoms. The molecule has 0 saturated heterocycles. The minimum Gasteiger partial charge on any atom is -0.321 e. The van der Waals surface area contributed by atoms with Gasteiger partial charge < -0.3 is 4.98 Å². The van der Waals surface area contributed by atoms with E-state index in [-0.39, 0.29) is 5.56 Å². The topological polar surface area (TPSA) is 32.9 Å². The lowest BCUT2D eigenvalue weighted by atomic mass is 9.97. The monoisotopic (exact) mass is 251 g/mol. The molecule has 1 heterocycles. The third-order valence-corrected chi connectivity index (χ3v) is 3.88. The molecule has 2 aromatic carbocycles. The number of nitrogens with one attached hydrogen (secondary N) is 1. The summed E-state index contributed by atoms with van der Waals surface area (Å²) in [7, 11) is 0. The third kappa shape index (κ3) is 1.75. The molecule has 0 aliphatic carbocycles. The summed E-state index contributed by atoms with van der Waals surface area (Å²) in [5.74, 6) is 0. The summed E-state index contributed by atoms with van der Waals surface area (Å²) in [6, 6.07) is 8.34. The summed E-state index contributed by atoms with van der Waals surface area (Å²) in [5.41, 5.74) is 5.66. The molecule has 3 aromatic rings. The first-order chi connectivity index (χ1) is 8.97. The number of H-pyrrole nitrogens is 1. The molecule has 19 heavy (non-hydrogen) atoms. The lowest BCUT2D eigenvalue weighted by molar-refractivity contribution is 1.30. The predicted molar refractivity (Wildman–Crippen MR) is 81.0 cm³/mol. The number of hydrogen-bond donors (Lipinski definition) is 1. The van der Waals surface area contributed by atoms with Crippen LogP contribution in [0, 0.1) is 27.7 Å². The van der Waals surface area contributed by atoms with Crippen molar-refractivity contribution in [2.75, 3.05) is 0 Å². The number of hydrogen-bond acceptors (Lipinski definition) is 1. The van der Waals surface area contributed by atoms with E-state index in [1.165, 1.54) is 11.1 Å². The molecule has 0 aliphatic heterocycles. The largest absolute Gasteiger partial charge is 0.321 e. The molecule has 1 aromatic heterocycles. The molecule has 96 valence electrons.